The van der Waals surface area contributed by atoms with E-state index in [4.69, 9.17) is 9.47 Å². The average Bonchev–Trinajstić information content (AvgIpc) is 3.04. The van der Waals surface area contributed by atoms with Gasteiger partial charge in [0, 0.05) is 11.8 Å². The Bertz CT molecular complexity index is 937. The lowest BCUT2D eigenvalue weighted by atomic mass is 10.1. The molecule has 0 saturated heterocycles. The molecule has 168 valence electrons. The third-order valence-corrected chi connectivity index (χ3v) is 3.87. The predicted octanol–water partition coefficient (Wildman–Crippen LogP) is 5.61. The van der Waals surface area contributed by atoms with Crippen molar-refractivity contribution < 1.29 is 23.5 Å². The SMILES string of the molecule is C=CCC(NC(=O)OC(C)(C)C)c1nc(-c2ccc(F)cc2)cn1C(=O)OC(C)(C)C. The van der Waals surface area contributed by atoms with Crippen molar-refractivity contribution in [3.63, 3.8) is 0 Å². The number of hydrogen-bond acceptors (Lipinski definition) is 5. The van der Waals surface area contributed by atoms with Crippen molar-refractivity contribution in [1.82, 2.24) is 14.9 Å². The largest absolute Gasteiger partial charge is 0.444 e. The summed E-state index contributed by atoms with van der Waals surface area (Å²) in [6, 6.07) is 5.03. The summed E-state index contributed by atoms with van der Waals surface area (Å²) in [7, 11) is 0. The summed E-state index contributed by atoms with van der Waals surface area (Å²) in [5, 5.41) is 2.74. The van der Waals surface area contributed by atoms with Crippen LogP contribution >= 0.6 is 0 Å². The molecule has 1 N–H and O–H groups in total. The number of hydrogen-bond donors (Lipinski definition) is 1. The predicted molar refractivity (Wildman–Crippen MR) is 116 cm³/mol. The summed E-state index contributed by atoms with van der Waals surface area (Å²) in [6.07, 6.45) is 2.10. The van der Waals surface area contributed by atoms with Crippen LogP contribution in [-0.2, 0) is 9.47 Å². The summed E-state index contributed by atoms with van der Waals surface area (Å²) in [4.78, 5) is 29.8. The maximum atomic E-state index is 13.3. The van der Waals surface area contributed by atoms with Crippen molar-refractivity contribution in [2.75, 3.05) is 0 Å². The summed E-state index contributed by atoms with van der Waals surface area (Å²) in [6.45, 7) is 14.2. The lowest BCUT2D eigenvalue weighted by Crippen LogP contribution is -2.37. The van der Waals surface area contributed by atoms with Gasteiger partial charge in [0.05, 0.1) is 11.7 Å². The molecule has 1 aromatic heterocycles. The number of imidazole rings is 1. The van der Waals surface area contributed by atoms with Gasteiger partial charge < -0.3 is 14.8 Å². The molecule has 0 aliphatic heterocycles. The fraction of sp³-hybridized carbons (Fsp3) is 0.435. The van der Waals surface area contributed by atoms with Crippen LogP contribution in [0.2, 0.25) is 0 Å². The smallest absolute Gasteiger partial charge is 0.420 e. The lowest BCUT2D eigenvalue weighted by molar-refractivity contribution is 0.0473. The number of nitrogens with zero attached hydrogens (tertiary/aromatic N) is 2. The number of carbonyl (C=O) groups excluding carboxylic acids is 2. The topological polar surface area (TPSA) is 82.5 Å². The highest BCUT2D eigenvalue weighted by Crippen LogP contribution is 2.25. The molecule has 0 bridgehead atoms. The van der Waals surface area contributed by atoms with E-state index in [1.807, 2.05) is 0 Å². The van der Waals surface area contributed by atoms with E-state index in [1.165, 1.54) is 22.9 Å². The Balaban J connectivity index is 2.49. The summed E-state index contributed by atoms with van der Waals surface area (Å²) in [5.41, 5.74) is -0.385. The third kappa shape index (κ3) is 7.24. The Morgan fingerprint density at radius 3 is 2.23 bits per heavy atom. The second kappa shape index (κ2) is 9.32. The van der Waals surface area contributed by atoms with Crippen LogP contribution in [0.4, 0.5) is 14.0 Å². The van der Waals surface area contributed by atoms with E-state index in [2.05, 4.69) is 16.9 Å². The van der Waals surface area contributed by atoms with Gasteiger partial charge in [0.1, 0.15) is 22.8 Å². The molecule has 2 aromatic rings. The van der Waals surface area contributed by atoms with Crippen LogP contribution in [0.5, 0.6) is 0 Å². The zero-order valence-electron chi connectivity index (χ0n) is 18.9. The van der Waals surface area contributed by atoms with Gasteiger partial charge in [-0.3, -0.25) is 0 Å². The van der Waals surface area contributed by atoms with Crippen LogP contribution in [0.25, 0.3) is 11.3 Å². The molecule has 1 heterocycles. The fourth-order valence-corrected chi connectivity index (χ4v) is 2.70. The molecule has 0 saturated carbocycles. The van der Waals surface area contributed by atoms with Crippen LogP contribution in [0.15, 0.2) is 43.1 Å². The molecule has 0 aliphatic rings. The van der Waals surface area contributed by atoms with Gasteiger partial charge >= 0.3 is 12.2 Å². The van der Waals surface area contributed by atoms with Crippen LogP contribution in [-0.4, -0.2) is 32.9 Å². The van der Waals surface area contributed by atoms with Crippen molar-refractivity contribution in [3.8, 4) is 11.3 Å². The Kier molecular flexibility index (Phi) is 7.25. The molecule has 1 atom stereocenters. The van der Waals surface area contributed by atoms with E-state index >= 15 is 0 Å². The molecule has 0 fully saturated rings. The maximum absolute atomic E-state index is 13.3. The van der Waals surface area contributed by atoms with Crippen LogP contribution in [0.1, 0.15) is 59.8 Å². The lowest BCUT2D eigenvalue weighted by Gasteiger charge is -2.24. The monoisotopic (exact) mass is 431 g/mol. The number of benzene rings is 1. The van der Waals surface area contributed by atoms with Crippen LogP contribution < -0.4 is 5.32 Å². The second-order valence-electron chi connectivity index (χ2n) is 9.06. The number of alkyl carbamates (subject to hydrolysis) is 1. The van der Waals surface area contributed by atoms with Crippen molar-refractivity contribution in [2.45, 2.75) is 65.2 Å². The minimum Gasteiger partial charge on any atom is -0.444 e. The van der Waals surface area contributed by atoms with E-state index in [9.17, 15) is 14.0 Å². The normalized spacial score (nSPS) is 12.7. The van der Waals surface area contributed by atoms with Gasteiger partial charge in [-0.1, -0.05) is 6.08 Å². The maximum Gasteiger partial charge on any atom is 0.420 e. The molecule has 1 aromatic carbocycles. The highest BCUT2D eigenvalue weighted by Gasteiger charge is 2.28. The molecule has 1 unspecified atom stereocenters. The molecule has 0 radical (unpaired) electrons. The standard InChI is InChI=1S/C23H30FN3O4/c1-8-9-17(26-20(28)30-22(2,3)4)19-25-18(15-10-12-16(24)13-11-15)14-27(19)21(29)31-23(5,6)7/h8,10-14,17H,1,9H2,2-7H3,(H,26,28). The number of rotatable bonds is 5. The van der Waals surface area contributed by atoms with E-state index in [0.717, 1.165) is 0 Å². The van der Waals surface area contributed by atoms with Crippen LogP contribution in [0.3, 0.4) is 0 Å². The van der Waals surface area contributed by atoms with E-state index in [0.29, 0.717) is 17.7 Å². The molecule has 7 nitrogen and oxygen atoms in total. The first-order chi connectivity index (χ1) is 14.3. The van der Waals surface area contributed by atoms with Crippen molar-refractivity contribution in [3.05, 3.63) is 54.8 Å². The van der Waals surface area contributed by atoms with E-state index in [-0.39, 0.29) is 11.6 Å². The Morgan fingerprint density at radius 2 is 1.71 bits per heavy atom. The average molecular weight is 432 g/mol. The van der Waals surface area contributed by atoms with E-state index < -0.39 is 29.4 Å². The molecule has 31 heavy (non-hydrogen) atoms. The van der Waals surface area contributed by atoms with Gasteiger partial charge in [-0.25, -0.2) is 23.5 Å². The van der Waals surface area contributed by atoms with Gasteiger partial charge in [-0.05, 0) is 72.2 Å². The van der Waals surface area contributed by atoms with Crippen molar-refractivity contribution in [2.24, 2.45) is 0 Å². The zero-order valence-corrected chi connectivity index (χ0v) is 18.9. The number of amides is 1. The van der Waals surface area contributed by atoms with Gasteiger partial charge in [-0.2, -0.15) is 0 Å². The number of halogens is 1. The van der Waals surface area contributed by atoms with Gasteiger partial charge in [0.15, 0.2) is 0 Å². The Hall–Kier alpha value is -3.16. The molecular weight excluding hydrogens is 401 g/mol. The van der Waals surface area contributed by atoms with Crippen LogP contribution in [0, 0.1) is 5.82 Å². The first-order valence-electron chi connectivity index (χ1n) is 9.98. The second-order valence-corrected chi connectivity index (χ2v) is 9.06. The fourth-order valence-electron chi connectivity index (χ4n) is 2.70. The summed E-state index contributed by atoms with van der Waals surface area (Å²) >= 11 is 0. The molecular formula is C23H30FN3O4. The van der Waals surface area contributed by atoms with E-state index in [1.54, 1.807) is 59.8 Å². The summed E-state index contributed by atoms with van der Waals surface area (Å²) < 4.78 is 25.4. The quantitative estimate of drug-likeness (QED) is 0.622. The molecule has 0 aliphatic carbocycles. The highest BCUT2D eigenvalue weighted by atomic mass is 19.1. The Morgan fingerprint density at radius 1 is 1.13 bits per heavy atom. The molecule has 2 rings (SSSR count). The van der Waals surface area contributed by atoms with Crippen molar-refractivity contribution in [1.29, 1.82) is 0 Å². The van der Waals surface area contributed by atoms with Gasteiger partial charge in [0.2, 0.25) is 0 Å². The van der Waals surface area contributed by atoms with Gasteiger partial charge in [0.25, 0.3) is 0 Å². The molecule has 8 heteroatoms. The Labute approximate surface area is 182 Å². The number of carbonyl (C=O) groups is 2. The van der Waals surface area contributed by atoms with Crippen molar-refractivity contribution >= 4 is 12.2 Å². The molecule has 1 amide bonds. The number of aromatic nitrogens is 2. The number of ether oxygens (including phenoxy) is 2. The highest BCUT2D eigenvalue weighted by molar-refractivity contribution is 5.75. The first kappa shape index (κ1) is 24.1. The third-order valence-electron chi connectivity index (χ3n) is 3.87. The number of nitrogens with one attached hydrogen (secondary N) is 1. The minimum absolute atomic E-state index is 0.249. The van der Waals surface area contributed by atoms with Gasteiger partial charge in [-0.15, -0.1) is 6.58 Å². The first-order valence-corrected chi connectivity index (χ1v) is 9.98. The minimum atomic E-state index is -0.735. The molecule has 0 spiro atoms. The summed E-state index contributed by atoms with van der Waals surface area (Å²) in [5.74, 6) is -0.133. The zero-order chi connectivity index (χ0) is 23.4.